The first kappa shape index (κ1) is 26.8. The van der Waals surface area contributed by atoms with Crippen LogP contribution in [0.25, 0.3) is 0 Å². The average molecular weight is 392 g/mol. The monoisotopic (exact) mass is 392 g/mol. The average Bonchev–Trinajstić information content (AvgIpc) is 2.60. The lowest BCUT2D eigenvalue weighted by atomic mass is 10.0. The van der Waals surface area contributed by atoms with Gasteiger partial charge in [-0.05, 0) is 0 Å². The summed E-state index contributed by atoms with van der Waals surface area (Å²) in [6, 6.07) is 0. The lowest BCUT2D eigenvalue weighted by Gasteiger charge is -2.32. The fourth-order valence-corrected chi connectivity index (χ4v) is 1.65. The van der Waals surface area contributed by atoms with Gasteiger partial charge in [-0.25, -0.2) is 9.59 Å². The molecule has 0 saturated carbocycles. The summed E-state index contributed by atoms with van der Waals surface area (Å²) in [5.41, 5.74) is 0. The zero-order chi connectivity index (χ0) is 19.9. The van der Waals surface area contributed by atoms with E-state index in [2.05, 4.69) is 4.74 Å². The third-order valence-electron chi connectivity index (χ3n) is 3.25. The maximum atomic E-state index is 10.7. The zero-order valence-electron chi connectivity index (χ0n) is 13.2. The van der Waals surface area contributed by atoms with E-state index >= 15 is 0 Å². The first-order valence-electron chi connectivity index (χ1n) is 6.91. The number of carboxylic acids is 1. The number of hydrogen-bond donors (Lipinski definition) is 10. The first-order chi connectivity index (χ1) is 11.5. The van der Waals surface area contributed by atoms with Crippen LogP contribution in [0.5, 0.6) is 0 Å². The van der Waals surface area contributed by atoms with Gasteiger partial charge in [0.05, 0.1) is 13.2 Å². The van der Waals surface area contributed by atoms with Crippen LogP contribution in [0.1, 0.15) is 0 Å². The molecule has 0 aromatic carbocycles. The Bertz CT molecular complexity index is 428. The molecule has 0 amide bonds. The minimum atomic E-state index is -2.20. The quantitative estimate of drug-likeness (QED) is 0.188. The number of aliphatic hydroxyl groups excluding tert-OH is 9. The Morgan fingerprint density at radius 3 is 1.88 bits per heavy atom. The summed E-state index contributed by atoms with van der Waals surface area (Å²) in [5.74, 6) is -2.76. The molecule has 0 aromatic heterocycles. The second-order valence-corrected chi connectivity index (χ2v) is 5.10. The number of carbonyl (C=O) groups excluding carboxylic acids is 1. The summed E-state index contributed by atoms with van der Waals surface area (Å²) in [4.78, 5) is 20.8. The minimum Gasteiger partial charge on any atom is -0.479 e. The van der Waals surface area contributed by atoms with Gasteiger partial charge in [0.15, 0.2) is 18.3 Å². The summed E-state index contributed by atoms with van der Waals surface area (Å²) in [5, 5.41) is 87.3. The number of ether oxygens (including phenoxy) is 1. The van der Waals surface area contributed by atoms with Crippen molar-refractivity contribution in [3.63, 3.8) is 0 Å². The normalized spacial score (nSPS) is 29.8. The Balaban J connectivity index is 0. The predicted octanol–water partition coefficient (Wildman–Crippen LogP) is -7.33. The Morgan fingerprint density at radius 1 is 1.00 bits per heavy atom. The molecule has 1 rings (SSSR count). The minimum absolute atomic E-state index is 0. The van der Waals surface area contributed by atoms with Gasteiger partial charge in [0.1, 0.15) is 30.5 Å². The van der Waals surface area contributed by atoms with E-state index < -0.39 is 74.0 Å². The largest absolute Gasteiger partial charge is 0.479 e. The van der Waals surface area contributed by atoms with Crippen molar-refractivity contribution in [1.29, 1.82) is 0 Å². The maximum Gasteiger partial charge on any atom is 0.338 e. The molecule has 0 radical (unpaired) electrons. The molecule has 0 aliphatic carbocycles. The van der Waals surface area contributed by atoms with Gasteiger partial charge in [-0.1, -0.05) is 0 Å². The van der Waals surface area contributed by atoms with E-state index in [1.807, 2.05) is 0 Å². The van der Waals surface area contributed by atoms with E-state index in [1.54, 1.807) is 0 Å². The smallest absolute Gasteiger partial charge is 0.338 e. The molecule has 0 bridgehead atoms. The molecular formula is C12H24O14. The van der Waals surface area contributed by atoms with Crippen LogP contribution >= 0.6 is 0 Å². The van der Waals surface area contributed by atoms with Crippen LogP contribution in [-0.4, -0.2) is 131 Å². The van der Waals surface area contributed by atoms with E-state index in [-0.39, 0.29) is 5.48 Å². The predicted molar refractivity (Wildman–Crippen MR) is 77.3 cm³/mol. The fourth-order valence-electron chi connectivity index (χ4n) is 1.65. The van der Waals surface area contributed by atoms with Gasteiger partial charge in [-0.15, -0.1) is 0 Å². The molecule has 26 heavy (non-hydrogen) atoms. The molecule has 14 nitrogen and oxygen atoms in total. The number of aliphatic carboxylic acids is 1. The number of cyclic esters (lactones) is 1. The molecule has 1 aliphatic heterocycles. The van der Waals surface area contributed by atoms with Crippen molar-refractivity contribution < 1.29 is 70.9 Å². The molecule has 14 heteroatoms. The molecule has 4 unspecified atom stereocenters. The van der Waals surface area contributed by atoms with Gasteiger partial charge in [0.25, 0.3) is 0 Å². The molecule has 12 N–H and O–H groups in total. The van der Waals surface area contributed by atoms with Gasteiger partial charge in [-0.2, -0.15) is 0 Å². The van der Waals surface area contributed by atoms with E-state index in [0.29, 0.717) is 0 Å². The molecule has 1 heterocycles. The second-order valence-electron chi connectivity index (χ2n) is 5.10. The van der Waals surface area contributed by atoms with Gasteiger partial charge in [-0.3, -0.25) is 0 Å². The molecule has 1 fully saturated rings. The van der Waals surface area contributed by atoms with Crippen molar-refractivity contribution in [1.82, 2.24) is 0 Å². The van der Waals surface area contributed by atoms with Crippen molar-refractivity contribution in [2.45, 2.75) is 48.8 Å². The highest BCUT2D eigenvalue weighted by Gasteiger charge is 2.43. The van der Waals surface area contributed by atoms with Crippen LogP contribution < -0.4 is 0 Å². The van der Waals surface area contributed by atoms with E-state index in [9.17, 15) is 9.59 Å². The standard InChI is InChI=1S/C6H12O7.C6H10O6.H2O/c7-1-2(8)3(9)4(10)5(11)6(12)13;7-1-2-3(8)4(9)5(10)6(11)12-2;/h2-5,7-11H,1H2,(H,12,13);2-5,7-10H,1H2;1H2/t;2-,3-,4+,5-;/m.1./s1. The van der Waals surface area contributed by atoms with Crippen molar-refractivity contribution in [2.75, 3.05) is 13.2 Å². The van der Waals surface area contributed by atoms with Crippen molar-refractivity contribution >= 4 is 11.9 Å². The number of carbonyl (C=O) groups is 2. The van der Waals surface area contributed by atoms with Crippen LogP contribution in [-0.2, 0) is 14.3 Å². The van der Waals surface area contributed by atoms with Crippen molar-refractivity contribution in [2.24, 2.45) is 0 Å². The lowest BCUT2D eigenvalue weighted by Crippen LogP contribution is -2.56. The number of carboxylic acid groups (broad SMARTS) is 1. The second kappa shape index (κ2) is 12.0. The van der Waals surface area contributed by atoms with Gasteiger partial charge >= 0.3 is 11.9 Å². The first-order valence-corrected chi connectivity index (χ1v) is 6.91. The van der Waals surface area contributed by atoms with Gasteiger partial charge in [0, 0.05) is 0 Å². The summed E-state index contributed by atoms with van der Waals surface area (Å²) < 4.78 is 4.38. The third-order valence-corrected chi connectivity index (χ3v) is 3.25. The van der Waals surface area contributed by atoms with Crippen LogP contribution in [0.3, 0.4) is 0 Å². The fraction of sp³-hybridized carbons (Fsp3) is 0.833. The van der Waals surface area contributed by atoms with E-state index in [0.717, 1.165) is 0 Å². The van der Waals surface area contributed by atoms with E-state index in [1.165, 1.54) is 0 Å². The Morgan fingerprint density at radius 2 is 1.50 bits per heavy atom. The van der Waals surface area contributed by atoms with Crippen LogP contribution in [0.15, 0.2) is 0 Å². The Kier molecular flexibility index (Phi) is 12.4. The Hall–Kier alpha value is -1.46. The molecule has 1 saturated heterocycles. The van der Waals surface area contributed by atoms with Crippen molar-refractivity contribution in [3.8, 4) is 0 Å². The van der Waals surface area contributed by atoms with Crippen LogP contribution in [0, 0.1) is 0 Å². The number of rotatable bonds is 6. The van der Waals surface area contributed by atoms with Gasteiger partial charge in [0.2, 0.25) is 0 Å². The van der Waals surface area contributed by atoms with E-state index in [4.69, 9.17) is 51.1 Å². The summed E-state index contributed by atoms with van der Waals surface area (Å²) >= 11 is 0. The summed E-state index contributed by atoms with van der Waals surface area (Å²) in [6.45, 7) is -1.43. The summed E-state index contributed by atoms with van der Waals surface area (Å²) in [6.07, 6.45) is -13.8. The number of hydrogen-bond acceptors (Lipinski definition) is 12. The summed E-state index contributed by atoms with van der Waals surface area (Å²) in [7, 11) is 0. The molecule has 0 spiro atoms. The Labute approximate surface area is 146 Å². The van der Waals surface area contributed by atoms with Gasteiger partial charge < -0.3 is 61.3 Å². The SMILES string of the molecule is O.O=C(O)C(O)C(O)C(O)C(O)CO.O=C1O[C@H](CO)[C@@H](O)[C@H](O)[C@H]1O. The molecular weight excluding hydrogens is 368 g/mol. The molecule has 1 aliphatic rings. The van der Waals surface area contributed by atoms with Crippen molar-refractivity contribution in [3.05, 3.63) is 0 Å². The maximum absolute atomic E-state index is 10.7. The third kappa shape index (κ3) is 7.04. The highest BCUT2D eigenvalue weighted by atomic mass is 16.6. The topological polar surface area (TPSA) is 277 Å². The number of esters is 1. The highest BCUT2D eigenvalue weighted by Crippen LogP contribution is 2.15. The molecule has 8 atom stereocenters. The molecule has 0 aromatic rings. The van der Waals surface area contributed by atoms with Crippen LogP contribution in [0.2, 0.25) is 0 Å². The molecule has 156 valence electrons. The van der Waals surface area contributed by atoms with Crippen LogP contribution in [0.4, 0.5) is 0 Å². The highest BCUT2D eigenvalue weighted by molar-refractivity contribution is 5.76. The lowest BCUT2D eigenvalue weighted by molar-refractivity contribution is -0.206. The number of aliphatic hydroxyl groups is 9. The zero-order valence-corrected chi connectivity index (χ0v) is 13.2.